The van der Waals surface area contributed by atoms with Gasteiger partial charge in [-0.25, -0.2) is 0 Å². The Labute approximate surface area is 188 Å². The lowest BCUT2D eigenvalue weighted by Crippen LogP contribution is -2.55. The predicted molar refractivity (Wildman–Crippen MR) is 129 cm³/mol. The first-order valence-electron chi connectivity index (χ1n) is 14.6. The summed E-state index contributed by atoms with van der Waals surface area (Å²) in [6.45, 7) is 9.27. The zero-order valence-corrected chi connectivity index (χ0v) is 21.0. The number of rotatable bonds is 2. The molecule has 2 spiro atoms. The molecule has 0 radical (unpaired) electrons. The van der Waals surface area contributed by atoms with E-state index in [1.54, 1.807) is 109 Å². The van der Waals surface area contributed by atoms with Crippen molar-refractivity contribution in [2.45, 2.75) is 143 Å². The monoisotopic (exact) mass is 412 g/mol. The third kappa shape index (κ3) is 2.83. The first-order valence-corrected chi connectivity index (χ1v) is 14.6. The average molecular weight is 413 g/mol. The van der Waals surface area contributed by atoms with E-state index >= 15 is 0 Å². The lowest BCUT2D eigenvalue weighted by molar-refractivity contribution is -0.141. The van der Waals surface area contributed by atoms with Crippen molar-refractivity contribution in [2.75, 3.05) is 0 Å². The molecule has 0 saturated heterocycles. The molecule has 7 unspecified atom stereocenters. The maximum absolute atomic E-state index is 2.80. The molecule has 0 bridgehead atoms. The summed E-state index contributed by atoms with van der Waals surface area (Å²) in [5.74, 6) is 4.42. The molecule has 0 N–H and O–H groups in total. The molecule has 0 nitrogen and oxygen atoms in total. The summed E-state index contributed by atoms with van der Waals surface area (Å²) in [5, 5.41) is 0. The van der Waals surface area contributed by atoms with E-state index in [2.05, 4.69) is 13.8 Å². The Morgan fingerprint density at radius 3 is 2.23 bits per heavy atom. The fourth-order valence-electron chi connectivity index (χ4n) is 11.7. The Morgan fingerprint density at radius 1 is 0.700 bits per heavy atom. The van der Waals surface area contributed by atoms with Crippen LogP contribution in [-0.2, 0) is 0 Å². The Morgan fingerprint density at radius 2 is 1.47 bits per heavy atom. The van der Waals surface area contributed by atoms with Crippen LogP contribution < -0.4 is 0 Å². The summed E-state index contributed by atoms with van der Waals surface area (Å²) >= 11 is 0. The van der Waals surface area contributed by atoms with E-state index in [9.17, 15) is 0 Å². The third-order valence-corrected chi connectivity index (χ3v) is 12.8. The van der Waals surface area contributed by atoms with E-state index in [1.165, 1.54) is 6.42 Å². The molecule has 30 heavy (non-hydrogen) atoms. The number of hydrogen-bond acceptors (Lipinski definition) is 0. The molecule has 0 aromatic carbocycles. The molecule has 6 aliphatic carbocycles. The second-order valence-electron chi connectivity index (χ2n) is 13.2. The Hall–Kier alpha value is 0. The molecular weight excluding hydrogens is 360 g/mol. The van der Waals surface area contributed by atoms with Crippen molar-refractivity contribution in [2.24, 2.45) is 45.3 Å². The van der Waals surface area contributed by atoms with Crippen LogP contribution in [0.15, 0.2) is 0 Å². The molecule has 172 valence electrons. The van der Waals surface area contributed by atoms with Crippen LogP contribution >= 0.6 is 0 Å². The average Bonchev–Trinajstić information content (AvgIpc) is 3.43. The summed E-state index contributed by atoms with van der Waals surface area (Å²) in [6.07, 6.45) is 28.5. The van der Waals surface area contributed by atoms with Crippen LogP contribution in [0.1, 0.15) is 143 Å². The van der Waals surface area contributed by atoms with Gasteiger partial charge in [-0.3, -0.25) is 0 Å². The van der Waals surface area contributed by atoms with Crippen LogP contribution in [0.3, 0.4) is 0 Å². The van der Waals surface area contributed by atoms with E-state index in [-0.39, 0.29) is 0 Å². The van der Waals surface area contributed by atoms with E-state index in [0.717, 1.165) is 39.9 Å². The minimum Gasteiger partial charge on any atom is -0.0683 e. The second kappa shape index (κ2) is 7.80. The Kier molecular flexibility index (Phi) is 5.67. The predicted octanol–water partition coefficient (Wildman–Crippen LogP) is 9.57. The fourth-order valence-corrected chi connectivity index (χ4v) is 11.7. The van der Waals surface area contributed by atoms with Crippen molar-refractivity contribution in [1.82, 2.24) is 0 Å². The first kappa shape index (κ1) is 21.8. The summed E-state index contributed by atoms with van der Waals surface area (Å²) < 4.78 is 0. The third-order valence-electron chi connectivity index (χ3n) is 12.8. The largest absolute Gasteiger partial charge is 0.0683 e. The normalized spacial score (nSPS) is 50.8. The van der Waals surface area contributed by atoms with E-state index in [0.29, 0.717) is 5.41 Å². The van der Waals surface area contributed by atoms with Crippen LogP contribution in [0, 0.1) is 45.3 Å². The highest BCUT2D eigenvalue weighted by molar-refractivity contribution is 5.17. The van der Waals surface area contributed by atoms with Crippen LogP contribution in [-0.4, -0.2) is 0 Å². The second-order valence-corrected chi connectivity index (χ2v) is 13.2. The molecule has 0 aliphatic heterocycles. The molecule has 0 heteroatoms. The molecule has 6 fully saturated rings. The quantitative estimate of drug-likeness (QED) is 0.423. The SMILES string of the molecule is CC.CCCC12CCCC13CCC1C(CCC4CC5(CCCC5)CCC41C)C3CC2. The van der Waals surface area contributed by atoms with Gasteiger partial charge in [0.15, 0.2) is 0 Å². The highest BCUT2D eigenvalue weighted by Crippen LogP contribution is 2.76. The molecule has 6 rings (SSSR count). The Balaban J connectivity index is 0.000000937. The maximum atomic E-state index is 2.80. The summed E-state index contributed by atoms with van der Waals surface area (Å²) in [4.78, 5) is 0. The van der Waals surface area contributed by atoms with Crippen LogP contribution in [0.2, 0.25) is 0 Å². The molecule has 7 atom stereocenters. The summed E-state index contributed by atoms with van der Waals surface area (Å²) in [5.41, 5.74) is 3.11. The molecular formula is C30H52. The van der Waals surface area contributed by atoms with Crippen LogP contribution in [0.4, 0.5) is 0 Å². The van der Waals surface area contributed by atoms with Gasteiger partial charge < -0.3 is 0 Å². The van der Waals surface area contributed by atoms with E-state index in [4.69, 9.17) is 0 Å². The minimum atomic E-state index is 0.715. The van der Waals surface area contributed by atoms with Crippen molar-refractivity contribution in [3.8, 4) is 0 Å². The van der Waals surface area contributed by atoms with Gasteiger partial charge in [-0.05, 0) is 135 Å². The molecule has 0 aromatic rings. The highest BCUT2D eigenvalue weighted by Gasteiger charge is 2.67. The first-order chi connectivity index (χ1) is 14.6. The number of hydrogen-bond donors (Lipinski definition) is 0. The molecule has 0 amide bonds. The lowest BCUT2D eigenvalue weighted by Gasteiger charge is -2.63. The maximum Gasteiger partial charge on any atom is -0.0210 e. The van der Waals surface area contributed by atoms with Gasteiger partial charge >= 0.3 is 0 Å². The molecule has 6 aliphatic rings. The molecule has 0 aromatic heterocycles. The van der Waals surface area contributed by atoms with Gasteiger partial charge in [0.2, 0.25) is 0 Å². The van der Waals surface area contributed by atoms with E-state index in [1.807, 2.05) is 13.8 Å². The van der Waals surface area contributed by atoms with Gasteiger partial charge in [0.25, 0.3) is 0 Å². The van der Waals surface area contributed by atoms with Gasteiger partial charge in [-0.15, -0.1) is 0 Å². The summed E-state index contributed by atoms with van der Waals surface area (Å²) in [6, 6.07) is 0. The van der Waals surface area contributed by atoms with Crippen molar-refractivity contribution < 1.29 is 0 Å². The van der Waals surface area contributed by atoms with Crippen LogP contribution in [0.5, 0.6) is 0 Å². The van der Waals surface area contributed by atoms with Gasteiger partial charge in [0.05, 0.1) is 0 Å². The van der Waals surface area contributed by atoms with Gasteiger partial charge in [0, 0.05) is 0 Å². The van der Waals surface area contributed by atoms with Crippen molar-refractivity contribution in [1.29, 1.82) is 0 Å². The van der Waals surface area contributed by atoms with E-state index < -0.39 is 0 Å². The zero-order chi connectivity index (χ0) is 21.0. The number of fused-ring (bicyclic) bond motifs is 4. The topological polar surface area (TPSA) is 0 Å². The smallest absolute Gasteiger partial charge is 0.0210 e. The Bertz CT molecular complexity index is 614. The van der Waals surface area contributed by atoms with Crippen molar-refractivity contribution in [3.05, 3.63) is 0 Å². The van der Waals surface area contributed by atoms with Crippen molar-refractivity contribution >= 4 is 0 Å². The zero-order valence-electron chi connectivity index (χ0n) is 21.0. The highest BCUT2D eigenvalue weighted by atomic mass is 14.7. The molecule has 6 saturated carbocycles. The van der Waals surface area contributed by atoms with Crippen molar-refractivity contribution in [3.63, 3.8) is 0 Å². The molecule has 0 heterocycles. The minimum absolute atomic E-state index is 0.715. The van der Waals surface area contributed by atoms with Crippen LogP contribution in [0.25, 0.3) is 0 Å². The standard InChI is InChI=1S/C28H46.C2H6/c1-3-11-27-14-6-15-28(27)17-10-23-22(24(28)9-16-27)8-7-21-20-26(12-4-5-13-26)19-18-25(21,23)2;1-2/h21-24H,3-20H2,1-2H3;1-2H3. The fraction of sp³-hybridized carbons (Fsp3) is 1.00. The summed E-state index contributed by atoms with van der Waals surface area (Å²) in [7, 11) is 0. The van der Waals surface area contributed by atoms with Gasteiger partial charge in [-0.2, -0.15) is 0 Å². The van der Waals surface area contributed by atoms with Gasteiger partial charge in [-0.1, -0.05) is 53.4 Å². The lowest BCUT2D eigenvalue weighted by atomic mass is 9.42. The van der Waals surface area contributed by atoms with Gasteiger partial charge in [0.1, 0.15) is 0 Å².